The number of nitrogens with two attached hydrogens (primary N) is 1. The second-order valence-corrected chi connectivity index (χ2v) is 8.75. The van der Waals surface area contributed by atoms with Crippen molar-refractivity contribution in [1.82, 2.24) is 0 Å². The van der Waals surface area contributed by atoms with Crippen LogP contribution in [-0.4, -0.2) is 15.1 Å². The standard InChI is InChI=1S/C21H22N4O3S/c1-13-10-14(2)19(15(3)11-13)29(26,27)24-16-4-6-17(7-5-16)25-12-23-21-18(20(25)22)8-9-28-21/h4-11,24H,12,22H2,1-3H3. The van der Waals surface area contributed by atoms with Gasteiger partial charge in [0.2, 0.25) is 5.55 Å². The summed E-state index contributed by atoms with van der Waals surface area (Å²) in [5, 5.41) is 0.742. The molecule has 0 saturated carbocycles. The number of hydrogen-bond donors (Lipinski definition) is 2. The van der Waals surface area contributed by atoms with E-state index in [0.717, 1.165) is 27.6 Å². The fourth-order valence-electron chi connectivity index (χ4n) is 3.70. The highest BCUT2D eigenvalue weighted by Gasteiger charge is 2.20. The van der Waals surface area contributed by atoms with E-state index in [2.05, 4.69) is 9.71 Å². The minimum absolute atomic E-state index is 0.312. The van der Waals surface area contributed by atoms with Crippen molar-refractivity contribution in [3.8, 4) is 0 Å². The van der Waals surface area contributed by atoms with Crippen LogP contribution in [0.5, 0.6) is 0 Å². The van der Waals surface area contributed by atoms with Gasteiger partial charge in [-0.15, -0.1) is 0 Å². The lowest BCUT2D eigenvalue weighted by Crippen LogP contribution is -2.42. The molecule has 150 valence electrons. The first-order valence-electron chi connectivity index (χ1n) is 9.12. The van der Waals surface area contributed by atoms with Crippen LogP contribution >= 0.6 is 0 Å². The summed E-state index contributed by atoms with van der Waals surface area (Å²) in [7, 11) is -3.70. The summed E-state index contributed by atoms with van der Waals surface area (Å²) in [5.41, 5.74) is 10.5. The molecule has 0 aliphatic carbocycles. The van der Waals surface area contributed by atoms with Crippen LogP contribution in [0.1, 0.15) is 16.7 Å². The van der Waals surface area contributed by atoms with Crippen LogP contribution in [0.3, 0.4) is 0 Å². The van der Waals surface area contributed by atoms with E-state index in [1.54, 1.807) is 50.4 Å². The molecule has 3 N–H and O–H groups in total. The number of nitrogens with zero attached hydrogens (tertiary/aromatic N) is 2. The number of sulfonamides is 1. The van der Waals surface area contributed by atoms with Gasteiger partial charge in [-0.3, -0.25) is 4.72 Å². The number of anilines is 2. The van der Waals surface area contributed by atoms with Crippen LogP contribution < -0.4 is 26.1 Å². The Hall–Kier alpha value is -3.26. The van der Waals surface area contributed by atoms with Crippen molar-refractivity contribution in [2.24, 2.45) is 10.7 Å². The molecule has 0 fully saturated rings. The normalized spacial score (nSPS) is 13.8. The van der Waals surface area contributed by atoms with E-state index in [4.69, 9.17) is 10.2 Å². The minimum Gasteiger partial charge on any atom is -0.446 e. The molecule has 0 unspecified atom stereocenters. The van der Waals surface area contributed by atoms with Crippen LogP contribution in [0, 0.1) is 20.8 Å². The first-order valence-corrected chi connectivity index (χ1v) is 10.6. The Morgan fingerprint density at radius 1 is 1.07 bits per heavy atom. The van der Waals surface area contributed by atoms with Gasteiger partial charge in [0.05, 0.1) is 16.4 Å². The van der Waals surface area contributed by atoms with Crippen LogP contribution in [0.2, 0.25) is 0 Å². The molecule has 0 amide bonds. The highest BCUT2D eigenvalue weighted by molar-refractivity contribution is 7.92. The molecule has 1 aliphatic rings. The number of furan rings is 1. The van der Waals surface area contributed by atoms with Gasteiger partial charge in [0.25, 0.3) is 10.0 Å². The molecule has 4 rings (SSSR count). The maximum atomic E-state index is 12.9. The summed E-state index contributed by atoms with van der Waals surface area (Å²) in [6, 6.07) is 12.5. The van der Waals surface area contributed by atoms with Gasteiger partial charge < -0.3 is 15.1 Å². The fourth-order valence-corrected chi connectivity index (χ4v) is 5.22. The number of nitrogens with one attached hydrogen (secondary N) is 1. The Morgan fingerprint density at radius 2 is 1.72 bits per heavy atom. The molecule has 0 spiro atoms. The van der Waals surface area contributed by atoms with E-state index in [1.165, 1.54) is 0 Å². The van der Waals surface area contributed by atoms with Crippen molar-refractivity contribution < 1.29 is 12.8 Å². The molecule has 3 aromatic rings. The summed E-state index contributed by atoms with van der Waals surface area (Å²) in [5.74, 6) is 0.544. The van der Waals surface area contributed by atoms with Gasteiger partial charge in [-0.05, 0) is 62.2 Å². The van der Waals surface area contributed by atoms with Crippen molar-refractivity contribution >= 4 is 27.2 Å². The van der Waals surface area contributed by atoms with E-state index >= 15 is 0 Å². The van der Waals surface area contributed by atoms with E-state index in [9.17, 15) is 8.42 Å². The average Bonchev–Trinajstić information content (AvgIpc) is 3.11. The van der Waals surface area contributed by atoms with Gasteiger partial charge in [-0.25, -0.2) is 13.4 Å². The number of aryl methyl sites for hydroxylation is 3. The highest BCUT2D eigenvalue weighted by atomic mass is 32.2. The second kappa shape index (κ2) is 6.97. The molecule has 29 heavy (non-hydrogen) atoms. The predicted octanol–water partition coefficient (Wildman–Crippen LogP) is 2.13. The Morgan fingerprint density at radius 3 is 2.38 bits per heavy atom. The van der Waals surface area contributed by atoms with E-state index in [0.29, 0.717) is 28.6 Å². The third kappa shape index (κ3) is 3.47. The molecule has 0 saturated heterocycles. The van der Waals surface area contributed by atoms with Gasteiger partial charge in [0, 0.05) is 11.4 Å². The molecule has 2 heterocycles. The lowest BCUT2D eigenvalue weighted by molar-refractivity contribution is 0.500. The van der Waals surface area contributed by atoms with Crippen LogP contribution in [-0.2, 0) is 10.0 Å². The van der Waals surface area contributed by atoms with Crippen LogP contribution in [0.25, 0.3) is 5.82 Å². The molecule has 0 radical (unpaired) electrons. The third-order valence-electron chi connectivity index (χ3n) is 4.87. The lowest BCUT2D eigenvalue weighted by Gasteiger charge is -2.24. The quantitative estimate of drug-likeness (QED) is 0.686. The zero-order valence-electron chi connectivity index (χ0n) is 16.4. The Labute approximate surface area is 169 Å². The zero-order valence-corrected chi connectivity index (χ0v) is 17.2. The average molecular weight is 410 g/mol. The first kappa shape index (κ1) is 19.1. The maximum Gasteiger partial charge on any atom is 0.262 e. The fraction of sp³-hybridized carbons (Fsp3) is 0.190. The van der Waals surface area contributed by atoms with Crippen molar-refractivity contribution in [2.75, 3.05) is 16.3 Å². The summed E-state index contributed by atoms with van der Waals surface area (Å²) in [4.78, 5) is 6.51. The predicted molar refractivity (Wildman–Crippen MR) is 112 cm³/mol. The lowest BCUT2D eigenvalue weighted by atomic mass is 10.1. The minimum atomic E-state index is -3.70. The van der Waals surface area contributed by atoms with E-state index in [1.807, 2.05) is 24.0 Å². The number of fused-ring (bicyclic) bond motifs is 1. The van der Waals surface area contributed by atoms with Crippen molar-refractivity contribution in [2.45, 2.75) is 25.7 Å². The summed E-state index contributed by atoms with van der Waals surface area (Å²) >= 11 is 0. The van der Waals surface area contributed by atoms with Crippen LogP contribution in [0.4, 0.5) is 11.4 Å². The highest BCUT2D eigenvalue weighted by Crippen LogP contribution is 2.26. The SMILES string of the molecule is Cc1cc(C)c(S(=O)(=O)Nc2ccc(N3CN=c4occc4=C3N)cc2)c(C)c1. The monoisotopic (exact) mass is 410 g/mol. The molecular weight excluding hydrogens is 388 g/mol. The second-order valence-electron chi connectivity index (χ2n) is 7.13. The third-order valence-corrected chi connectivity index (χ3v) is 6.56. The molecule has 0 bridgehead atoms. The van der Waals surface area contributed by atoms with E-state index < -0.39 is 10.0 Å². The topological polar surface area (TPSA) is 101 Å². The molecule has 2 aromatic carbocycles. The summed E-state index contributed by atoms with van der Waals surface area (Å²) in [6.07, 6.45) is 1.55. The molecule has 7 nitrogen and oxygen atoms in total. The Kier molecular flexibility index (Phi) is 4.58. The van der Waals surface area contributed by atoms with Crippen molar-refractivity contribution in [1.29, 1.82) is 0 Å². The van der Waals surface area contributed by atoms with Crippen molar-refractivity contribution in [3.05, 3.63) is 76.2 Å². The van der Waals surface area contributed by atoms with Gasteiger partial charge >= 0.3 is 0 Å². The first-order chi connectivity index (χ1) is 13.8. The van der Waals surface area contributed by atoms with E-state index in [-0.39, 0.29) is 0 Å². The van der Waals surface area contributed by atoms with Gasteiger partial charge in [-0.1, -0.05) is 17.7 Å². The van der Waals surface area contributed by atoms with Crippen molar-refractivity contribution in [3.63, 3.8) is 0 Å². The summed E-state index contributed by atoms with van der Waals surface area (Å²) < 4.78 is 33.8. The smallest absolute Gasteiger partial charge is 0.262 e. The van der Waals surface area contributed by atoms with Gasteiger partial charge in [0.1, 0.15) is 12.5 Å². The summed E-state index contributed by atoms with van der Waals surface area (Å²) in [6.45, 7) is 5.89. The molecule has 1 aliphatic heterocycles. The molecule has 8 heteroatoms. The molecule has 0 atom stereocenters. The number of benzene rings is 2. The Bertz CT molecular complexity index is 1290. The van der Waals surface area contributed by atoms with Gasteiger partial charge in [-0.2, -0.15) is 0 Å². The molecule has 1 aromatic heterocycles. The molecular formula is C21H22N4O3S. The maximum absolute atomic E-state index is 12.9. The number of rotatable bonds is 4. The van der Waals surface area contributed by atoms with Crippen LogP contribution in [0.15, 0.2) is 63.0 Å². The zero-order chi connectivity index (χ0) is 20.8. The largest absolute Gasteiger partial charge is 0.446 e. The Balaban J connectivity index is 1.61. The number of hydrogen-bond acceptors (Lipinski definition) is 6. The van der Waals surface area contributed by atoms with Gasteiger partial charge in [0.15, 0.2) is 0 Å².